The molecule has 0 unspecified atom stereocenters. The van der Waals surface area contributed by atoms with Crippen LogP contribution in [0.4, 0.5) is 0 Å². The Morgan fingerprint density at radius 1 is 1.29 bits per heavy atom. The lowest BCUT2D eigenvalue weighted by molar-refractivity contribution is 0.00578. The topological polar surface area (TPSA) is 76.7 Å². The third-order valence-corrected chi connectivity index (χ3v) is 4.32. The van der Waals surface area contributed by atoms with E-state index in [1.807, 2.05) is 10.9 Å². The van der Waals surface area contributed by atoms with E-state index in [2.05, 4.69) is 39.0 Å². The van der Waals surface area contributed by atoms with Crippen LogP contribution in [0.5, 0.6) is 0 Å². The highest BCUT2D eigenvalue weighted by Gasteiger charge is 2.52. The molecule has 2 heterocycles. The summed E-state index contributed by atoms with van der Waals surface area (Å²) < 4.78 is 14.0. The average Bonchev–Trinajstić information content (AvgIpc) is 2.98. The minimum Gasteiger partial charge on any atom is -0.429 e. The Hall–Kier alpha value is -0.820. The predicted octanol–water partition coefficient (Wildman–Crippen LogP) is 0.0975. The standard InChI is InChI=1S/C13H21BN2O2.BH2O2/c1-12(2)13(3,4)18-14(17-12)11-7-15-16(9-11)8-10-5-6-10;2-1-3/h7,9-10H,5-6,8H2,1-4H3;2-3H. The first-order valence-electron chi connectivity index (χ1n) is 7.27. The highest BCUT2D eigenvalue weighted by molar-refractivity contribution is 6.61. The maximum Gasteiger partial charge on any atom is 0.498 e. The van der Waals surface area contributed by atoms with E-state index in [1.54, 1.807) is 0 Å². The van der Waals surface area contributed by atoms with Crippen LogP contribution in [0.25, 0.3) is 0 Å². The van der Waals surface area contributed by atoms with Crippen LogP contribution in [0.3, 0.4) is 0 Å². The zero-order chi connectivity index (χ0) is 15.7. The summed E-state index contributed by atoms with van der Waals surface area (Å²) in [6.07, 6.45) is 6.60. The maximum absolute atomic E-state index is 7.00. The average molecular weight is 293 g/mol. The number of nitrogens with zero attached hydrogens (tertiary/aromatic N) is 2. The Kier molecular flexibility index (Phi) is 4.82. The van der Waals surface area contributed by atoms with Gasteiger partial charge in [0.25, 0.3) is 0 Å². The van der Waals surface area contributed by atoms with Crippen molar-refractivity contribution in [3.05, 3.63) is 12.4 Å². The maximum atomic E-state index is 7.00. The summed E-state index contributed by atoms with van der Waals surface area (Å²) in [5, 5.41) is 18.4. The van der Waals surface area contributed by atoms with Crippen molar-refractivity contribution in [3.63, 3.8) is 0 Å². The quantitative estimate of drug-likeness (QED) is 0.773. The van der Waals surface area contributed by atoms with Gasteiger partial charge in [-0.3, -0.25) is 4.68 Å². The molecule has 1 aromatic heterocycles. The summed E-state index contributed by atoms with van der Waals surface area (Å²) in [4.78, 5) is 0. The van der Waals surface area contributed by atoms with Crippen LogP contribution < -0.4 is 5.46 Å². The molecule has 0 bridgehead atoms. The fourth-order valence-electron chi connectivity index (χ4n) is 2.15. The molecule has 2 N–H and O–H groups in total. The van der Waals surface area contributed by atoms with Crippen LogP contribution in [-0.2, 0) is 15.9 Å². The van der Waals surface area contributed by atoms with Crippen LogP contribution in [0.2, 0.25) is 0 Å². The first kappa shape index (κ1) is 16.5. The van der Waals surface area contributed by atoms with E-state index < -0.39 is 0 Å². The van der Waals surface area contributed by atoms with Crippen LogP contribution >= 0.6 is 0 Å². The first-order chi connectivity index (χ1) is 9.79. The van der Waals surface area contributed by atoms with Gasteiger partial charge >= 0.3 is 14.8 Å². The Balaban J connectivity index is 0.000000497. The summed E-state index contributed by atoms with van der Waals surface area (Å²) in [7, 11) is -0.289. The second-order valence-corrected chi connectivity index (χ2v) is 6.64. The van der Waals surface area contributed by atoms with E-state index in [1.165, 1.54) is 12.8 Å². The molecule has 6 nitrogen and oxygen atoms in total. The van der Waals surface area contributed by atoms with Gasteiger partial charge in [-0.25, -0.2) is 0 Å². The summed E-state index contributed by atoms with van der Waals surface area (Å²) in [5.41, 5.74) is 0.460. The molecule has 0 aromatic carbocycles. The Labute approximate surface area is 126 Å². The van der Waals surface area contributed by atoms with Gasteiger partial charge in [-0.05, 0) is 46.5 Å². The van der Waals surface area contributed by atoms with E-state index in [4.69, 9.17) is 19.4 Å². The molecule has 1 radical (unpaired) electrons. The lowest BCUT2D eigenvalue weighted by Crippen LogP contribution is -2.41. The normalized spacial score (nSPS) is 22.7. The van der Waals surface area contributed by atoms with Gasteiger partial charge in [-0.1, -0.05) is 0 Å². The van der Waals surface area contributed by atoms with Gasteiger partial charge < -0.3 is 19.4 Å². The number of hydrogen-bond donors (Lipinski definition) is 2. The van der Waals surface area contributed by atoms with Crippen LogP contribution in [-0.4, -0.2) is 45.8 Å². The second-order valence-electron chi connectivity index (χ2n) is 6.64. The third-order valence-electron chi connectivity index (χ3n) is 4.32. The minimum atomic E-state index is -0.289. The van der Waals surface area contributed by atoms with E-state index in [9.17, 15) is 0 Å². The molecule has 2 fully saturated rings. The summed E-state index contributed by atoms with van der Waals surface area (Å²) in [6.45, 7) is 9.31. The molecule has 0 amide bonds. The lowest BCUT2D eigenvalue weighted by Gasteiger charge is -2.32. The summed E-state index contributed by atoms with van der Waals surface area (Å²) in [6, 6.07) is 0. The molecule has 0 spiro atoms. The largest absolute Gasteiger partial charge is 0.498 e. The Morgan fingerprint density at radius 3 is 2.29 bits per heavy atom. The highest BCUT2D eigenvalue weighted by atomic mass is 16.7. The predicted molar refractivity (Wildman–Crippen MR) is 80.9 cm³/mol. The van der Waals surface area contributed by atoms with Crippen LogP contribution in [0, 0.1) is 5.92 Å². The SMILES string of the molecule is CC1(C)OB(c2cnn(CC3CC3)c2)OC1(C)C.O[B]O. The molecule has 1 saturated heterocycles. The van der Waals surface area contributed by atoms with Crippen molar-refractivity contribution >= 4 is 20.3 Å². The van der Waals surface area contributed by atoms with Crippen LogP contribution in [0.1, 0.15) is 40.5 Å². The lowest BCUT2D eigenvalue weighted by atomic mass is 9.82. The van der Waals surface area contributed by atoms with Crippen molar-refractivity contribution in [2.45, 2.75) is 58.3 Å². The summed E-state index contributed by atoms with van der Waals surface area (Å²) >= 11 is 0. The van der Waals surface area contributed by atoms with Crippen molar-refractivity contribution in [1.29, 1.82) is 0 Å². The van der Waals surface area contributed by atoms with Gasteiger partial charge in [0.05, 0.1) is 11.2 Å². The van der Waals surface area contributed by atoms with E-state index >= 15 is 0 Å². The molecular formula is C13H23B2N2O4. The zero-order valence-electron chi connectivity index (χ0n) is 13.1. The van der Waals surface area contributed by atoms with Gasteiger partial charge in [-0.15, -0.1) is 0 Å². The molecule has 3 rings (SSSR count). The molecule has 1 saturated carbocycles. The highest BCUT2D eigenvalue weighted by Crippen LogP contribution is 2.36. The fraction of sp³-hybridized carbons (Fsp3) is 0.769. The van der Waals surface area contributed by atoms with Crippen LogP contribution in [0.15, 0.2) is 12.4 Å². The van der Waals surface area contributed by atoms with Crippen molar-refractivity contribution in [1.82, 2.24) is 9.78 Å². The van der Waals surface area contributed by atoms with Crippen molar-refractivity contribution in [2.24, 2.45) is 5.92 Å². The van der Waals surface area contributed by atoms with Crippen molar-refractivity contribution < 1.29 is 19.4 Å². The molecular weight excluding hydrogens is 270 g/mol. The number of aromatic nitrogens is 2. The van der Waals surface area contributed by atoms with E-state index in [-0.39, 0.29) is 26.0 Å². The Bertz CT molecular complexity index is 458. The van der Waals surface area contributed by atoms with Gasteiger partial charge in [0.2, 0.25) is 0 Å². The molecule has 1 aromatic rings. The smallest absolute Gasteiger partial charge is 0.429 e. The zero-order valence-corrected chi connectivity index (χ0v) is 13.1. The number of rotatable bonds is 3. The van der Waals surface area contributed by atoms with Gasteiger partial charge in [0, 0.05) is 24.4 Å². The monoisotopic (exact) mass is 293 g/mol. The van der Waals surface area contributed by atoms with Crippen molar-refractivity contribution in [3.8, 4) is 0 Å². The molecule has 1 aliphatic heterocycles. The molecule has 21 heavy (non-hydrogen) atoms. The van der Waals surface area contributed by atoms with Gasteiger partial charge in [-0.2, -0.15) is 5.10 Å². The minimum absolute atomic E-state index is 0. The first-order valence-corrected chi connectivity index (χ1v) is 7.27. The van der Waals surface area contributed by atoms with Gasteiger partial charge in [0.15, 0.2) is 0 Å². The summed E-state index contributed by atoms with van der Waals surface area (Å²) in [5.74, 6) is 0.830. The van der Waals surface area contributed by atoms with E-state index in [0.29, 0.717) is 0 Å². The van der Waals surface area contributed by atoms with E-state index in [0.717, 1.165) is 17.9 Å². The molecule has 8 heteroatoms. The number of hydrogen-bond acceptors (Lipinski definition) is 5. The molecule has 1 aliphatic carbocycles. The van der Waals surface area contributed by atoms with Gasteiger partial charge in [0.1, 0.15) is 0 Å². The molecule has 115 valence electrons. The molecule has 0 atom stereocenters. The van der Waals surface area contributed by atoms with Crippen molar-refractivity contribution in [2.75, 3.05) is 0 Å². The third kappa shape index (κ3) is 3.88. The molecule has 2 aliphatic rings. The Morgan fingerprint density at radius 2 is 1.81 bits per heavy atom. The fourth-order valence-corrected chi connectivity index (χ4v) is 2.15. The second kappa shape index (κ2) is 6.12.